The van der Waals surface area contributed by atoms with Crippen LogP contribution in [0.4, 0.5) is 0 Å². The standard InChI is InChI=1S/C50H88N14O15.C2H4O2/c1-25(2)22-33(44(73)55-24-36(65)58-31(14-9-11-19-51)45(74)56-28(7)42(71)59-32(15-10-12-20-52)46(75)62-39(26(3)4)41(54)70)60-43(72)29(8)57-47(76)34(23-38(68)69)61-49(78)40(27(5)6)63-48(77)35-16-13-21-64(35)50(79)30(53)17-18-37(66)67;1-2(3)4/h25-35,39-40H,9-24,51-53H2,1-8H3,(H2,54,70)(H,55,73)(H,56,74)(H,57,76)(H,58,65)(H,59,71)(H,60,72)(H,61,78)(H,62,75)(H,63,77)(H,66,67)(H,68,69);1H3,(H,3,4)/t28-,29-,30-,31-,32-,33-,34-,35-,39-,40-;/m0./s1. The van der Waals surface area contributed by atoms with E-state index >= 15 is 0 Å². The number of hydrogen-bond acceptors (Lipinski definition) is 17. The zero-order valence-corrected chi connectivity index (χ0v) is 49.1. The van der Waals surface area contributed by atoms with Crippen molar-refractivity contribution < 1.29 is 82.4 Å². The molecule has 0 aromatic carbocycles. The lowest BCUT2D eigenvalue weighted by atomic mass is 10.0. The summed E-state index contributed by atoms with van der Waals surface area (Å²) < 4.78 is 0. The van der Waals surface area contributed by atoms with Crippen molar-refractivity contribution in [2.45, 2.75) is 200 Å². The van der Waals surface area contributed by atoms with Crippen molar-refractivity contribution in [1.29, 1.82) is 0 Å². The van der Waals surface area contributed by atoms with Gasteiger partial charge in [-0.25, -0.2) is 0 Å². The fourth-order valence-corrected chi connectivity index (χ4v) is 8.28. The van der Waals surface area contributed by atoms with Gasteiger partial charge in [0.05, 0.1) is 19.0 Å². The fraction of sp³-hybridized carbons (Fsp3) is 0.731. The smallest absolute Gasteiger partial charge is 0.305 e. The molecule has 0 unspecified atom stereocenters. The van der Waals surface area contributed by atoms with Crippen molar-refractivity contribution in [2.24, 2.45) is 40.7 Å². The minimum Gasteiger partial charge on any atom is -0.481 e. The molecule has 0 radical (unpaired) electrons. The van der Waals surface area contributed by atoms with Gasteiger partial charge in [-0.2, -0.15) is 0 Å². The Morgan fingerprint density at radius 2 is 1.01 bits per heavy atom. The van der Waals surface area contributed by atoms with Gasteiger partial charge < -0.3 is 91.0 Å². The van der Waals surface area contributed by atoms with Crippen LogP contribution in [0.2, 0.25) is 0 Å². The molecular weight excluding hydrogens is 1090 g/mol. The van der Waals surface area contributed by atoms with Crippen LogP contribution in [0.3, 0.4) is 0 Å². The highest BCUT2D eigenvalue weighted by Gasteiger charge is 2.39. The van der Waals surface area contributed by atoms with Crippen LogP contribution in [0.25, 0.3) is 0 Å². The Labute approximate surface area is 483 Å². The second-order valence-corrected chi connectivity index (χ2v) is 21.4. The number of likely N-dealkylation sites (tertiary alicyclic amines) is 1. The van der Waals surface area contributed by atoms with Gasteiger partial charge in [0, 0.05) is 19.9 Å². The molecule has 472 valence electrons. The molecule has 83 heavy (non-hydrogen) atoms. The lowest BCUT2D eigenvalue weighted by molar-refractivity contribution is -0.142. The molecule has 0 aromatic heterocycles. The maximum absolute atomic E-state index is 13.6. The van der Waals surface area contributed by atoms with E-state index in [4.69, 9.17) is 37.9 Å². The Hall–Kier alpha value is -7.54. The maximum Gasteiger partial charge on any atom is 0.305 e. The summed E-state index contributed by atoms with van der Waals surface area (Å²) in [6.45, 7) is 13.8. The third kappa shape index (κ3) is 29.8. The van der Waals surface area contributed by atoms with E-state index < -0.39 is 162 Å². The molecule has 0 aliphatic carbocycles. The fourth-order valence-electron chi connectivity index (χ4n) is 8.28. The zero-order valence-electron chi connectivity index (χ0n) is 49.1. The Bertz CT molecular complexity index is 2230. The highest BCUT2D eigenvalue weighted by molar-refractivity contribution is 5.99. The van der Waals surface area contributed by atoms with Crippen molar-refractivity contribution in [3.05, 3.63) is 0 Å². The van der Waals surface area contributed by atoms with Gasteiger partial charge in [-0.1, -0.05) is 41.5 Å². The van der Waals surface area contributed by atoms with E-state index in [9.17, 15) is 67.4 Å². The first kappa shape index (κ1) is 75.5. The van der Waals surface area contributed by atoms with Crippen LogP contribution in [0, 0.1) is 17.8 Å². The van der Waals surface area contributed by atoms with Gasteiger partial charge in [0.25, 0.3) is 5.97 Å². The minimum absolute atomic E-state index is 0.0349. The summed E-state index contributed by atoms with van der Waals surface area (Å²) in [5, 5.41) is 48.5. The van der Waals surface area contributed by atoms with Crippen molar-refractivity contribution in [2.75, 3.05) is 26.2 Å². The number of primary amides is 1. The molecule has 1 saturated heterocycles. The molecule has 1 heterocycles. The number of carbonyl (C=O) groups is 14. The van der Waals surface area contributed by atoms with Crippen molar-refractivity contribution >= 4 is 82.9 Å². The lowest BCUT2D eigenvalue weighted by Crippen LogP contribution is -2.60. The van der Waals surface area contributed by atoms with E-state index in [0.29, 0.717) is 38.6 Å². The molecule has 0 bridgehead atoms. The number of nitrogens with two attached hydrogens (primary N) is 4. The van der Waals surface area contributed by atoms with Crippen LogP contribution in [0.15, 0.2) is 0 Å². The van der Waals surface area contributed by atoms with Crippen LogP contribution in [0.5, 0.6) is 0 Å². The summed E-state index contributed by atoms with van der Waals surface area (Å²) >= 11 is 0. The third-order valence-corrected chi connectivity index (χ3v) is 12.8. The van der Waals surface area contributed by atoms with E-state index in [2.05, 4.69) is 47.9 Å². The molecule has 1 rings (SSSR count). The Kier molecular flexibility index (Phi) is 35.5. The van der Waals surface area contributed by atoms with Gasteiger partial charge >= 0.3 is 11.9 Å². The number of carbonyl (C=O) groups excluding carboxylic acids is 11. The predicted molar refractivity (Wildman–Crippen MR) is 299 cm³/mol. The van der Waals surface area contributed by atoms with Gasteiger partial charge in [0.2, 0.25) is 65.0 Å². The quantitative estimate of drug-likeness (QED) is 0.0263. The van der Waals surface area contributed by atoms with Gasteiger partial charge in [-0.15, -0.1) is 0 Å². The summed E-state index contributed by atoms with van der Waals surface area (Å²) in [5.41, 5.74) is 22.7. The SMILES string of the molecule is CC(=O)O.CC(C)C[C@H](NC(=O)[C@H](C)NC(=O)[C@H](CC(=O)O)NC(=O)[C@@H](NC(=O)[C@@H]1CCCN1C(=O)[C@@H](N)CCC(=O)O)C(C)C)C(=O)NCC(=O)N[C@@H](CCCCN)C(=O)N[C@@H](C)C(=O)N[C@@H](CCCCN)C(=O)N[C@H](C(N)=O)C(C)C. The van der Waals surface area contributed by atoms with Crippen LogP contribution in [-0.2, 0) is 67.1 Å². The molecule has 31 heteroatoms. The molecule has 0 spiro atoms. The van der Waals surface area contributed by atoms with E-state index in [0.717, 1.165) is 6.92 Å². The zero-order chi connectivity index (χ0) is 63.8. The first-order chi connectivity index (χ1) is 38.7. The summed E-state index contributed by atoms with van der Waals surface area (Å²) in [6, 6.07) is -12.7. The average Bonchev–Trinajstić information content (AvgIpc) is 3.93. The number of nitrogens with zero attached hydrogens (tertiary/aromatic N) is 1. The van der Waals surface area contributed by atoms with Crippen molar-refractivity contribution in [3.63, 3.8) is 0 Å². The molecule has 11 amide bonds. The number of aliphatic carboxylic acids is 3. The molecule has 1 aliphatic rings. The molecule has 1 aliphatic heterocycles. The Balaban J connectivity index is 0.0000162. The van der Waals surface area contributed by atoms with Crippen molar-refractivity contribution in [1.82, 2.24) is 52.8 Å². The number of amides is 11. The van der Waals surface area contributed by atoms with Crippen molar-refractivity contribution in [3.8, 4) is 0 Å². The molecular formula is C52H92N14O17. The number of nitrogens with one attached hydrogen (secondary N) is 9. The second-order valence-electron chi connectivity index (χ2n) is 21.4. The van der Waals surface area contributed by atoms with E-state index in [1.54, 1.807) is 41.5 Å². The summed E-state index contributed by atoms with van der Waals surface area (Å²) in [4.78, 5) is 179. The second kappa shape index (κ2) is 39.0. The van der Waals surface area contributed by atoms with Gasteiger partial charge in [0.1, 0.15) is 54.4 Å². The number of carboxylic acid groups (broad SMARTS) is 3. The largest absolute Gasteiger partial charge is 0.481 e. The number of hydrogen-bond donors (Lipinski definition) is 16. The number of unbranched alkanes of at least 4 members (excludes halogenated alkanes) is 2. The van der Waals surface area contributed by atoms with Crippen LogP contribution in [0.1, 0.15) is 139 Å². The topological polar surface area (TPSA) is 515 Å². The maximum atomic E-state index is 13.6. The monoisotopic (exact) mass is 1180 g/mol. The third-order valence-electron chi connectivity index (χ3n) is 12.8. The molecule has 20 N–H and O–H groups in total. The normalized spacial score (nSPS) is 16.1. The van der Waals surface area contributed by atoms with Crippen LogP contribution >= 0.6 is 0 Å². The van der Waals surface area contributed by atoms with E-state index in [-0.39, 0.29) is 63.5 Å². The highest BCUT2D eigenvalue weighted by atomic mass is 16.4. The van der Waals surface area contributed by atoms with Gasteiger partial charge in [0.15, 0.2) is 0 Å². The van der Waals surface area contributed by atoms with Gasteiger partial charge in [-0.3, -0.25) is 67.1 Å². The highest BCUT2D eigenvalue weighted by Crippen LogP contribution is 2.20. The first-order valence-corrected chi connectivity index (χ1v) is 27.8. The Morgan fingerprint density at radius 1 is 0.542 bits per heavy atom. The van der Waals surface area contributed by atoms with E-state index in [1.165, 1.54) is 18.7 Å². The first-order valence-electron chi connectivity index (χ1n) is 27.8. The number of rotatable bonds is 37. The molecule has 0 saturated carbocycles. The molecule has 0 aromatic rings. The molecule has 1 fully saturated rings. The van der Waals surface area contributed by atoms with Gasteiger partial charge in [-0.05, 0) is 109 Å². The lowest BCUT2D eigenvalue weighted by Gasteiger charge is -2.30. The van der Waals surface area contributed by atoms with Crippen LogP contribution in [-0.4, -0.2) is 190 Å². The summed E-state index contributed by atoms with van der Waals surface area (Å²) in [7, 11) is 0. The predicted octanol–water partition coefficient (Wildman–Crippen LogP) is -4.13. The number of carboxylic acids is 3. The summed E-state index contributed by atoms with van der Waals surface area (Å²) in [5.74, 6) is -13.6. The molecule has 31 nitrogen and oxygen atoms in total. The van der Waals surface area contributed by atoms with E-state index in [1.807, 2.05) is 0 Å². The summed E-state index contributed by atoms with van der Waals surface area (Å²) in [6.07, 6.45) is 1.23. The van der Waals surface area contributed by atoms with Crippen LogP contribution < -0.4 is 70.8 Å². The minimum atomic E-state index is -1.78. The Morgan fingerprint density at radius 3 is 1.47 bits per heavy atom. The average molecular weight is 1190 g/mol. The molecule has 10 atom stereocenters.